The number of allylic oxidation sites excluding steroid dienone is 4. The first-order valence-electron chi connectivity index (χ1n) is 6.46. The molecule has 0 aromatic heterocycles. The normalized spacial score (nSPS) is 15.1. The van der Waals surface area contributed by atoms with E-state index in [1.165, 1.54) is 35.3 Å². The second-order valence-electron chi connectivity index (χ2n) is 4.20. The van der Waals surface area contributed by atoms with Crippen LogP contribution in [0.4, 0.5) is 0 Å². The summed E-state index contributed by atoms with van der Waals surface area (Å²) < 4.78 is 0. The van der Waals surface area contributed by atoms with Gasteiger partial charge in [0, 0.05) is 12.3 Å². The molecule has 0 rings (SSSR count). The van der Waals surface area contributed by atoms with Crippen LogP contribution in [0.5, 0.6) is 0 Å². The van der Waals surface area contributed by atoms with Crippen molar-refractivity contribution >= 4 is 5.71 Å². The molecule has 16 heavy (non-hydrogen) atoms. The number of nitrogens with zero attached hydrogens (tertiary/aromatic N) is 1. The maximum Gasteiger partial charge on any atom is 0.0364 e. The molecule has 0 fully saturated rings. The van der Waals surface area contributed by atoms with Gasteiger partial charge in [-0.15, -0.1) is 0 Å². The summed E-state index contributed by atoms with van der Waals surface area (Å²) >= 11 is 0. The topological polar surface area (TPSA) is 12.4 Å². The minimum absolute atomic E-state index is 0.872. The highest BCUT2D eigenvalue weighted by atomic mass is 14.7. The van der Waals surface area contributed by atoms with Crippen molar-refractivity contribution in [3.8, 4) is 0 Å². The molecule has 0 aliphatic rings. The Morgan fingerprint density at radius 3 is 2.06 bits per heavy atom. The van der Waals surface area contributed by atoms with Crippen molar-refractivity contribution < 1.29 is 0 Å². The highest BCUT2D eigenvalue weighted by Gasteiger charge is 2.05. The van der Waals surface area contributed by atoms with Gasteiger partial charge in [0.2, 0.25) is 0 Å². The molecule has 0 bridgehead atoms. The van der Waals surface area contributed by atoms with Crippen LogP contribution in [0.25, 0.3) is 0 Å². The van der Waals surface area contributed by atoms with E-state index in [4.69, 9.17) is 0 Å². The van der Waals surface area contributed by atoms with Crippen molar-refractivity contribution in [3.63, 3.8) is 0 Å². The number of rotatable bonds is 6. The summed E-state index contributed by atoms with van der Waals surface area (Å²) in [5, 5.41) is 0. The number of hydrogen-bond acceptors (Lipinski definition) is 1. The highest BCUT2D eigenvalue weighted by molar-refractivity contribution is 5.98. The summed E-state index contributed by atoms with van der Waals surface area (Å²) in [5.41, 5.74) is 5.43. The summed E-state index contributed by atoms with van der Waals surface area (Å²) in [4.78, 5) is 4.48. The molecule has 0 aliphatic carbocycles. The molecule has 0 amide bonds. The third-order valence-corrected chi connectivity index (χ3v) is 2.95. The van der Waals surface area contributed by atoms with Crippen LogP contribution in [0.2, 0.25) is 0 Å². The second kappa shape index (κ2) is 8.32. The fraction of sp³-hybridized carbons (Fsp3) is 0.667. The van der Waals surface area contributed by atoms with E-state index in [-0.39, 0.29) is 0 Å². The fourth-order valence-corrected chi connectivity index (χ4v) is 1.83. The van der Waals surface area contributed by atoms with E-state index in [1.807, 2.05) is 0 Å². The SMILES string of the molecule is CC\C=C(CCC)/C(C)=C(C)/C(C)=N/CC. The zero-order valence-electron chi connectivity index (χ0n) is 11.9. The predicted octanol–water partition coefficient (Wildman–Crippen LogP) is 4.94. The van der Waals surface area contributed by atoms with E-state index in [0.29, 0.717) is 0 Å². The Kier molecular flexibility index (Phi) is 7.88. The van der Waals surface area contributed by atoms with Crippen LogP contribution < -0.4 is 0 Å². The first-order chi connectivity index (χ1) is 7.58. The minimum atomic E-state index is 0.872. The van der Waals surface area contributed by atoms with E-state index >= 15 is 0 Å². The smallest absolute Gasteiger partial charge is 0.0364 e. The van der Waals surface area contributed by atoms with Crippen molar-refractivity contribution in [2.24, 2.45) is 4.99 Å². The summed E-state index contributed by atoms with van der Waals surface area (Å²) in [6.45, 7) is 13.9. The molecule has 1 nitrogen and oxygen atoms in total. The van der Waals surface area contributed by atoms with Crippen molar-refractivity contribution in [2.45, 2.75) is 60.8 Å². The first kappa shape index (κ1) is 15.2. The molecule has 0 aliphatic heterocycles. The second-order valence-corrected chi connectivity index (χ2v) is 4.20. The van der Waals surface area contributed by atoms with Gasteiger partial charge in [0.05, 0.1) is 0 Å². The summed E-state index contributed by atoms with van der Waals surface area (Å²) in [6, 6.07) is 0. The van der Waals surface area contributed by atoms with Gasteiger partial charge in [-0.1, -0.05) is 26.3 Å². The van der Waals surface area contributed by atoms with Crippen LogP contribution >= 0.6 is 0 Å². The quantitative estimate of drug-likeness (QED) is 0.445. The fourth-order valence-electron chi connectivity index (χ4n) is 1.83. The zero-order chi connectivity index (χ0) is 12.6. The van der Waals surface area contributed by atoms with Gasteiger partial charge >= 0.3 is 0 Å². The lowest BCUT2D eigenvalue weighted by Crippen LogP contribution is -2.00. The Morgan fingerprint density at radius 1 is 1.00 bits per heavy atom. The highest BCUT2D eigenvalue weighted by Crippen LogP contribution is 2.20. The lowest BCUT2D eigenvalue weighted by Gasteiger charge is -2.11. The molecule has 92 valence electrons. The van der Waals surface area contributed by atoms with Gasteiger partial charge in [0.25, 0.3) is 0 Å². The van der Waals surface area contributed by atoms with Crippen LogP contribution in [0.1, 0.15) is 60.8 Å². The third kappa shape index (κ3) is 4.78. The molecule has 0 N–H and O–H groups in total. The Bertz CT molecular complexity index is 293. The van der Waals surface area contributed by atoms with E-state index in [0.717, 1.165) is 13.0 Å². The van der Waals surface area contributed by atoms with Crippen LogP contribution in [0.15, 0.2) is 27.8 Å². The summed E-state index contributed by atoms with van der Waals surface area (Å²) in [7, 11) is 0. The number of hydrogen-bond donors (Lipinski definition) is 0. The minimum Gasteiger partial charge on any atom is -0.290 e. The molecular weight excluding hydrogens is 194 g/mol. The van der Waals surface area contributed by atoms with Crippen LogP contribution in [0, 0.1) is 0 Å². The Hall–Kier alpha value is -0.850. The Morgan fingerprint density at radius 2 is 1.62 bits per heavy atom. The average molecular weight is 221 g/mol. The average Bonchev–Trinajstić information content (AvgIpc) is 2.27. The lowest BCUT2D eigenvalue weighted by atomic mass is 9.95. The third-order valence-electron chi connectivity index (χ3n) is 2.95. The first-order valence-corrected chi connectivity index (χ1v) is 6.46. The van der Waals surface area contributed by atoms with Gasteiger partial charge in [0.1, 0.15) is 0 Å². The van der Waals surface area contributed by atoms with Crippen LogP contribution in [-0.4, -0.2) is 12.3 Å². The molecule has 0 saturated heterocycles. The Balaban J connectivity index is 5.09. The standard InChI is InChI=1S/C15H27N/c1-7-10-15(11-8-2)13(5)12(4)14(6)16-9-3/h10H,7-9,11H2,1-6H3/b13-12+,15-10-,16-14+. The van der Waals surface area contributed by atoms with Crippen molar-refractivity contribution in [3.05, 3.63) is 22.8 Å². The monoisotopic (exact) mass is 221 g/mol. The lowest BCUT2D eigenvalue weighted by molar-refractivity contribution is 0.899. The molecule has 0 unspecified atom stereocenters. The van der Waals surface area contributed by atoms with Gasteiger partial charge < -0.3 is 0 Å². The molecule has 0 saturated carbocycles. The molecule has 1 heteroatoms. The van der Waals surface area contributed by atoms with Crippen LogP contribution in [-0.2, 0) is 0 Å². The van der Waals surface area contributed by atoms with Gasteiger partial charge in [-0.05, 0) is 57.3 Å². The summed E-state index contributed by atoms with van der Waals surface area (Å²) in [5.74, 6) is 0. The van der Waals surface area contributed by atoms with Gasteiger partial charge in [-0.3, -0.25) is 4.99 Å². The molecule has 0 radical (unpaired) electrons. The molecule has 0 heterocycles. The van der Waals surface area contributed by atoms with Crippen LogP contribution in [0.3, 0.4) is 0 Å². The van der Waals surface area contributed by atoms with Gasteiger partial charge in [-0.2, -0.15) is 0 Å². The number of aliphatic imine (C=N–C) groups is 1. The zero-order valence-corrected chi connectivity index (χ0v) is 11.9. The van der Waals surface area contributed by atoms with E-state index in [9.17, 15) is 0 Å². The maximum absolute atomic E-state index is 4.48. The molecular formula is C15H27N. The molecule has 0 aromatic rings. The Labute approximate surface area is 101 Å². The largest absolute Gasteiger partial charge is 0.290 e. The maximum atomic E-state index is 4.48. The molecule has 0 spiro atoms. The summed E-state index contributed by atoms with van der Waals surface area (Å²) in [6.07, 6.45) is 5.85. The van der Waals surface area contributed by atoms with Crippen molar-refractivity contribution in [2.75, 3.05) is 6.54 Å². The van der Waals surface area contributed by atoms with Gasteiger partial charge in [0.15, 0.2) is 0 Å². The van der Waals surface area contributed by atoms with Crippen molar-refractivity contribution in [1.29, 1.82) is 0 Å². The predicted molar refractivity (Wildman–Crippen MR) is 75.3 cm³/mol. The van der Waals surface area contributed by atoms with Crippen molar-refractivity contribution in [1.82, 2.24) is 0 Å². The van der Waals surface area contributed by atoms with E-state index in [2.05, 4.69) is 52.6 Å². The van der Waals surface area contributed by atoms with Gasteiger partial charge in [-0.25, -0.2) is 0 Å². The van der Waals surface area contributed by atoms with E-state index in [1.54, 1.807) is 0 Å². The molecule has 0 atom stereocenters. The molecule has 0 aromatic carbocycles. The van der Waals surface area contributed by atoms with E-state index < -0.39 is 0 Å².